The van der Waals surface area contributed by atoms with Gasteiger partial charge in [0.25, 0.3) is 0 Å². The first kappa shape index (κ1) is 17.4. The summed E-state index contributed by atoms with van der Waals surface area (Å²) >= 11 is 0. The van der Waals surface area contributed by atoms with Gasteiger partial charge in [-0.05, 0) is 19.8 Å². The van der Waals surface area contributed by atoms with Gasteiger partial charge in [-0.25, -0.2) is 4.79 Å². The van der Waals surface area contributed by atoms with Crippen LogP contribution < -0.4 is 0 Å². The monoisotopic (exact) mass is 276 g/mol. The van der Waals surface area contributed by atoms with Crippen molar-refractivity contribution in [3.05, 3.63) is 0 Å². The van der Waals surface area contributed by atoms with Crippen LogP contribution in [0.3, 0.4) is 0 Å². The second-order valence-corrected chi connectivity index (χ2v) is 4.99. The molecule has 2 unspecified atom stereocenters. The van der Waals surface area contributed by atoms with Gasteiger partial charge in [0, 0.05) is 0 Å². The maximum Gasteiger partial charge on any atom is 0.337 e. The average Bonchev–Trinajstić information content (AvgIpc) is 2.12. The number of carboxylic acids is 3. The van der Waals surface area contributed by atoms with Gasteiger partial charge in [0.05, 0.1) is 18.4 Å². The topological polar surface area (TPSA) is 121 Å². The third-order valence-electron chi connectivity index (χ3n) is 2.66. The van der Waals surface area contributed by atoms with Gasteiger partial charge in [0.15, 0.2) is 5.60 Å². The third kappa shape index (κ3) is 4.20. The highest BCUT2D eigenvalue weighted by Crippen LogP contribution is 2.34. The molecule has 0 rings (SSSR count). The van der Waals surface area contributed by atoms with Gasteiger partial charge in [-0.2, -0.15) is 0 Å². The van der Waals surface area contributed by atoms with E-state index >= 15 is 0 Å². The summed E-state index contributed by atoms with van der Waals surface area (Å²) in [5, 5.41) is 27.4. The molecule has 0 saturated carbocycles. The Kier molecular flexibility index (Phi) is 5.95. The van der Waals surface area contributed by atoms with E-state index in [-0.39, 0.29) is 0 Å². The summed E-state index contributed by atoms with van der Waals surface area (Å²) in [7, 11) is 0. The first-order chi connectivity index (χ1) is 8.54. The highest BCUT2D eigenvalue weighted by atomic mass is 16.5. The summed E-state index contributed by atoms with van der Waals surface area (Å²) in [5.74, 6) is -6.44. The fourth-order valence-electron chi connectivity index (χ4n) is 2.15. The van der Waals surface area contributed by atoms with E-state index in [9.17, 15) is 24.6 Å². The summed E-state index contributed by atoms with van der Waals surface area (Å²) in [6.45, 7) is 6.08. The van der Waals surface area contributed by atoms with Gasteiger partial charge >= 0.3 is 17.9 Å². The zero-order chi connectivity index (χ0) is 15.4. The van der Waals surface area contributed by atoms with Gasteiger partial charge < -0.3 is 20.1 Å². The van der Waals surface area contributed by atoms with Gasteiger partial charge in [-0.1, -0.05) is 13.8 Å². The van der Waals surface area contributed by atoms with E-state index in [0.717, 1.165) is 0 Å². The number of ether oxygens (including phenoxy) is 1. The predicted molar refractivity (Wildman–Crippen MR) is 64.8 cm³/mol. The Bertz CT molecular complexity index is 361. The fraction of sp³-hybridized carbons (Fsp3) is 0.750. The molecule has 0 aromatic rings. The zero-order valence-electron chi connectivity index (χ0n) is 11.4. The Morgan fingerprint density at radius 2 is 1.53 bits per heavy atom. The molecule has 7 nitrogen and oxygen atoms in total. The Balaban J connectivity index is 5.84. The minimum atomic E-state index is -2.28. The van der Waals surface area contributed by atoms with Crippen molar-refractivity contribution in [1.29, 1.82) is 0 Å². The molecule has 0 amide bonds. The molecule has 7 heteroatoms. The fourth-order valence-corrected chi connectivity index (χ4v) is 2.15. The SMILES string of the molecule is CC(C)OC(CC(=O)O)(C(=O)O)C(C(=O)O)C(C)C. The molecule has 0 bridgehead atoms. The third-order valence-corrected chi connectivity index (χ3v) is 2.66. The van der Waals surface area contributed by atoms with Crippen LogP contribution in [0.2, 0.25) is 0 Å². The molecular weight excluding hydrogens is 256 g/mol. The minimum Gasteiger partial charge on any atom is -0.481 e. The maximum atomic E-state index is 11.5. The van der Waals surface area contributed by atoms with Crippen LogP contribution in [0.5, 0.6) is 0 Å². The van der Waals surface area contributed by atoms with Gasteiger partial charge in [0.2, 0.25) is 0 Å². The Labute approximate surface area is 111 Å². The lowest BCUT2D eigenvalue weighted by Gasteiger charge is -2.37. The molecule has 19 heavy (non-hydrogen) atoms. The Morgan fingerprint density at radius 1 is 1.05 bits per heavy atom. The molecule has 0 aliphatic heterocycles. The summed E-state index contributed by atoms with van der Waals surface area (Å²) in [5.41, 5.74) is -2.28. The molecule has 0 aromatic carbocycles. The molecular formula is C12H20O7. The van der Waals surface area contributed by atoms with Gasteiger partial charge in [-0.3, -0.25) is 9.59 Å². The first-order valence-electron chi connectivity index (χ1n) is 5.90. The van der Waals surface area contributed by atoms with Crippen LogP contribution in [0.4, 0.5) is 0 Å². The van der Waals surface area contributed by atoms with Crippen molar-refractivity contribution >= 4 is 17.9 Å². The van der Waals surface area contributed by atoms with Crippen LogP contribution in [0.25, 0.3) is 0 Å². The molecule has 0 spiro atoms. The van der Waals surface area contributed by atoms with Crippen LogP contribution in [0, 0.1) is 11.8 Å². The molecule has 0 saturated heterocycles. The van der Waals surface area contributed by atoms with Crippen molar-refractivity contribution < 1.29 is 34.4 Å². The highest BCUT2D eigenvalue weighted by Gasteiger charge is 2.54. The summed E-state index contributed by atoms with van der Waals surface area (Å²) in [6.07, 6.45) is -1.52. The second-order valence-electron chi connectivity index (χ2n) is 4.99. The molecule has 3 N–H and O–H groups in total. The Hall–Kier alpha value is -1.63. The largest absolute Gasteiger partial charge is 0.481 e. The lowest BCUT2D eigenvalue weighted by atomic mass is 9.77. The van der Waals surface area contributed by atoms with Crippen LogP contribution >= 0.6 is 0 Å². The lowest BCUT2D eigenvalue weighted by molar-refractivity contribution is -0.198. The quantitative estimate of drug-likeness (QED) is 0.606. The van der Waals surface area contributed by atoms with Crippen molar-refractivity contribution in [2.45, 2.75) is 45.8 Å². The molecule has 0 aliphatic carbocycles. The number of carboxylic acid groups (broad SMARTS) is 3. The molecule has 0 aliphatic rings. The van der Waals surface area contributed by atoms with E-state index in [1.165, 1.54) is 27.7 Å². The number of carbonyl (C=O) groups is 3. The normalized spacial score (nSPS) is 16.1. The molecule has 0 radical (unpaired) electrons. The number of aliphatic carboxylic acids is 3. The van der Waals surface area contributed by atoms with Crippen molar-refractivity contribution in [3.8, 4) is 0 Å². The zero-order valence-corrected chi connectivity index (χ0v) is 11.4. The molecule has 0 heterocycles. The predicted octanol–water partition coefficient (Wildman–Crippen LogP) is 1.07. The molecule has 0 aromatic heterocycles. The van der Waals surface area contributed by atoms with E-state index in [1.807, 2.05) is 0 Å². The first-order valence-corrected chi connectivity index (χ1v) is 5.90. The summed E-state index contributed by atoms with van der Waals surface area (Å²) < 4.78 is 5.23. The summed E-state index contributed by atoms with van der Waals surface area (Å²) in [4.78, 5) is 33.7. The van der Waals surface area contributed by atoms with Gasteiger partial charge in [0.1, 0.15) is 0 Å². The average molecular weight is 276 g/mol. The number of hydrogen-bond donors (Lipinski definition) is 3. The Morgan fingerprint density at radius 3 is 1.74 bits per heavy atom. The van der Waals surface area contributed by atoms with Gasteiger partial charge in [-0.15, -0.1) is 0 Å². The van der Waals surface area contributed by atoms with E-state index in [2.05, 4.69) is 0 Å². The highest BCUT2D eigenvalue weighted by molar-refractivity contribution is 5.90. The van der Waals surface area contributed by atoms with Crippen molar-refractivity contribution in [3.63, 3.8) is 0 Å². The van der Waals surface area contributed by atoms with Crippen LogP contribution in [0.1, 0.15) is 34.1 Å². The van der Waals surface area contributed by atoms with E-state index in [1.54, 1.807) is 0 Å². The maximum absolute atomic E-state index is 11.5. The molecule has 0 fully saturated rings. The van der Waals surface area contributed by atoms with Crippen LogP contribution in [0.15, 0.2) is 0 Å². The van der Waals surface area contributed by atoms with Crippen LogP contribution in [-0.4, -0.2) is 44.9 Å². The van der Waals surface area contributed by atoms with Crippen molar-refractivity contribution in [2.24, 2.45) is 11.8 Å². The number of hydrogen-bond acceptors (Lipinski definition) is 4. The van der Waals surface area contributed by atoms with E-state index < -0.39 is 47.9 Å². The van der Waals surface area contributed by atoms with E-state index in [4.69, 9.17) is 9.84 Å². The summed E-state index contributed by atoms with van der Waals surface area (Å²) in [6, 6.07) is 0. The minimum absolute atomic E-state index is 0.591. The number of rotatable bonds is 8. The second kappa shape index (κ2) is 6.51. The molecule has 2 atom stereocenters. The lowest BCUT2D eigenvalue weighted by Crippen LogP contribution is -2.55. The molecule has 110 valence electrons. The van der Waals surface area contributed by atoms with E-state index in [0.29, 0.717) is 0 Å². The smallest absolute Gasteiger partial charge is 0.337 e. The standard InChI is InChI=1S/C12H20O7/c1-6(2)9(10(15)16)12(11(17)18,5-8(13)14)19-7(3)4/h6-7,9H,5H2,1-4H3,(H,13,14)(H,15,16)(H,17,18). The van der Waals surface area contributed by atoms with Crippen molar-refractivity contribution in [1.82, 2.24) is 0 Å². The van der Waals surface area contributed by atoms with Crippen LogP contribution in [-0.2, 0) is 19.1 Å². The van der Waals surface area contributed by atoms with Crippen molar-refractivity contribution in [2.75, 3.05) is 0 Å².